The molecule has 3 aromatic rings. The van der Waals surface area contributed by atoms with E-state index in [1.165, 1.54) is 21.8 Å². The van der Waals surface area contributed by atoms with Crippen molar-refractivity contribution in [2.24, 2.45) is 5.92 Å². The third-order valence-electron chi connectivity index (χ3n) is 4.32. The highest BCUT2D eigenvalue weighted by Crippen LogP contribution is 2.26. The smallest absolute Gasteiger partial charge is 0.269 e. The first kappa shape index (κ1) is 21.0. The monoisotopic (exact) mass is 448 g/mol. The number of halogens is 2. The minimum absolute atomic E-state index is 0.317. The number of ketones is 1. The molecule has 0 aliphatic heterocycles. The number of rotatable bonds is 5. The molecule has 0 saturated heterocycles. The summed E-state index contributed by atoms with van der Waals surface area (Å²) in [6, 6.07) is 5.87. The number of amides is 1. The zero-order valence-electron chi connectivity index (χ0n) is 15.3. The molecule has 1 aromatic carbocycles. The van der Waals surface area contributed by atoms with Crippen LogP contribution >= 0.6 is 34.5 Å². The Hall–Kier alpha value is -2.73. The average Bonchev–Trinajstić information content (AvgIpc) is 3.04. The van der Waals surface area contributed by atoms with Gasteiger partial charge in [0.1, 0.15) is 5.56 Å². The predicted molar refractivity (Wildman–Crippen MR) is 111 cm³/mol. The van der Waals surface area contributed by atoms with Crippen molar-refractivity contribution in [3.8, 4) is 6.07 Å². The molecule has 2 heterocycles. The summed E-state index contributed by atoms with van der Waals surface area (Å²) in [6.45, 7) is 3.36. The zero-order chi connectivity index (χ0) is 21.3. The Bertz CT molecular complexity index is 1230. The van der Waals surface area contributed by atoms with Crippen LogP contribution in [0.5, 0.6) is 0 Å². The van der Waals surface area contributed by atoms with Crippen LogP contribution in [0.4, 0.5) is 0 Å². The van der Waals surface area contributed by atoms with Crippen LogP contribution in [0.2, 0.25) is 10.0 Å². The van der Waals surface area contributed by atoms with Gasteiger partial charge in [-0.25, -0.2) is 4.98 Å². The van der Waals surface area contributed by atoms with Crippen molar-refractivity contribution >= 4 is 51.2 Å². The summed E-state index contributed by atoms with van der Waals surface area (Å²) in [6.07, 6.45) is 1.10. The highest BCUT2D eigenvalue weighted by molar-refractivity contribution is 7.15. The molecule has 2 atom stereocenters. The highest BCUT2D eigenvalue weighted by atomic mass is 35.5. The maximum absolute atomic E-state index is 12.8. The van der Waals surface area contributed by atoms with Gasteiger partial charge in [0.05, 0.1) is 12.1 Å². The molecule has 0 radical (unpaired) electrons. The van der Waals surface area contributed by atoms with Gasteiger partial charge in [-0.1, -0.05) is 29.3 Å². The number of carbonyl (C=O) groups excluding carboxylic acids is 2. The van der Waals surface area contributed by atoms with Gasteiger partial charge < -0.3 is 5.32 Å². The lowest BCUT2D eigenvalue weighted by molar-refractivity contribution is -0.122. The Morgan fingerprint density at radius 3 is 2.72 bits per heavy atom. The molecule has 148 valence electrons. The average molecular weight is 449 g/mol. The van der Waals surface area contributed by atoms with E-state index in [9.17, 15) is 19.6 Å². The molecule has 29 heavy (non-hydrogen) atoms. The number of benzene rings is 1. The van der Waals surface area contributed by atoms with Gasteiger partial charge in [-0.2, -0.15) is 5.26 Å². The summed E-state index contributed by atoms with van der Waals surface area (Å²) in [4.78, 5) is 42.5. The van der Waals surface area contributed by atoms with Gasteiger partial charge >= 0.3 is 0 Å². The van der Waals surface area contributed by atoms with Crippen molar-refractivity contribution in [2.75, 3.05) is 0 Å². The molecule has 2 aromatic heterocycles. The lowest BCUT2D eigenvalue weighted by atomic mass is 9.99. The van der Waals surface area contributed by atoms with E-state index in [0.29, 0.717) is 26.3 Å². The van der Waals surface area contributed by atoms with Crippen molar-refractivity contribution in [3.05, 3.63) is 67.0 Å². The molecule has 1 N–H and O–H groups in total. The van der Waals surface area contributed by atoms with Crippen molar-refractivity contribution in [1.29, 1.82) is 5.26 Å². The van der Waals surface area contributed by atoms with Crippen LogP contribution in [0.25, 0.3) is 4.96 Å². The van der Waals surface area contributed by atoms with Crippen LogP contribution in [-0.4, -0.2) is 21.1 Å². The summed E-state index contributed by atoms with van der Waals surface area (Å²) in [5.41, 5.74) is 0.259. The van der Waals surface area contributed by atoms with E-state index in [0.717, 1.165) is 6.20 Å². The minimum Gasteiger partial charge on any atom is -0.348 e. The molecule has 10 heteroatoms. The highest BCUT2D eigenvalue weighted by Gasteiger charge is 2.31. The van der Waals surface area contributed by atoms with Gasteiger partial charge in [-0.05, 0) is 31.5 Å². The maximum atomic E-state index is 12.8. The summed E-state index contributed by atoms with van der Waals surface area (Å²) >= 11 is 13.3. The van der Waals surface area contributed by atoms with Crippen LogP contribution in [0.1, 0.15) is 34.6 Å². The fourth-order valence-corrected chi connectivity index (χ4v) is 4.21. The number of carbonyl (C=O) groups is 2. The Kier molecular flexibility index (Phi) is 6.03. The standard InChI is InChI=1S/C19H14Cl2N4O3S/c1-9-8-29-19-23-7-14(18(28)25(9)19)16(26)13(6-22)17(27)24-10(2)12-4-3-11(20)5-15(12)21/h3-5,7-8,10,13H,1-2H3,(H,24,27). The molecule has 0 spiro atoms. The third kappa shape index (κ3) is 4.03. The van der Waals surface area contributed by atoms with Crippen LogP contribution in [0, 0.1) is 24.2 Å². The SMILES string of the molecule is Cc1csc2ncc(C(=O)C(C#N)C(=O)NC(C)c3ccc(Cl)cc3Cl)c(=O)n12. The number of fused-ring (bicyclic) bond motifs is 1. The molecule has 0 aliphatic carbocycles. The number of nitrogens with zero attached hydrogens (tertiary/aromatic N) is 3. The summed E-state index contributed by atoms with van der Waals surface area (Å²) in [7, 11) is 0. The van der Waals surface area contributed by atoms with Crippen LogP contribution in [-0.2, 0) is 4.79 Å². The quantitative estimate of drug-likeness (QED) is 0.474. The number of Topliss-reactive ketones (excluding diaryl/α,β-unsaturated/α-hetero) is 1. The van der Waals surface area contributed by atoms with Gasteiger partial charge in [0, 0.05) is 27.3 Å². The molecule has 0 bridgehead atoms. The second-order valence-corrected chi connectivity index (χ2v) is 7.97. The van der Waals surface area contributed by atoms with E-state index < -0.39 is 29.2 Å². The number of aryl methyl sites for hydroxylation is 1. The fraction of sp³-hybridized carbons (Fsp3) is 0.211. The molecule has 0 aliphatic rings. The van der Waals surface area contributed by atoms with E-state index in [2.05, 4.69) is 10.3 Å². The lowest BCUT2D eigenvalue weighted by Crippen LogP contribution is -2.38. The Labute approximate surface area is 179 Å². The number of thiazole rings is 1. The molecular formula is C19H14Cl2N4O3S. The fourth-order valence-electron chi connectivity index (χ4n) is 2.81. The van der Waals surface area contributed by atoms with E-state index in [-0.39, 0.29) is 5.56 Å². The summed E-state index contributed by atoms with van der Waals surface area (Å²) < 4.78 is 1.28. The number of nitrogens with one attached hydrogen (secondary N) is 1. The van der Waals surface area contributed by atoms with Gasteiger partial charge in [0.15, 0.2) is 16.7 Å². The van der Waals surface area contributed by atoms with Crippen molar-refractivity contribution in [3.63, 3.8) is 0 Å². The first-order chi connectivity index (χ1) is 13.7. The van der Waals surface area contributed by atoms with Crippen molar-refractivity contribution in [2.45, 2.75) is 19.9 Å². The van der Waals surface area contributed by atoms with E-state index >= 15 is 0 Å². The predicted octanol–water partition coefficient (Wildman–Crippen LogP) is 3.57. The molecule has 0 saturated carbocycles. The molecular weight excluding hydrogens is 435 g/mol. The van der Waals surface area contributed by atoms with Crippen LogP contribution < -0.4 is 10.9 Å². The number of nitriles is 1. The molecule has 7 nitrogen and oxygen atoms in total. The van der Waals surface area contributed by atoms with E-state index in [1.54, 1.807) is 37.4 Å². The van der Waals surface area contributed by atoms with Crippen molar-refractivity contribution in [1.82, 2.24) is 14.7 Å². The molecule has 0 fully saturated rings. The van der Waals surface area contributed by atoms with Crippen molar-refractivity contribution < 1.29 is 9.59 Å². The third-order valence-corrected chi connectivity index (χ3v) is 5.84. The minimum atomic E-state index is -1.70. The molecule has 2 unspecified atom stereocenters. The lowest BCUT2D eigenvalue weighted by Gasteiger charge is -2.17. The summed E-state index contributed by atoms with van der Waals surface area (Å²) in [5, 5.41) is 14.5. The second-order valence-electron chi connectivity index (χ2n) is 6.29. The Morgan fingerprint density at radius 1 is 1.34 bits per heavy atom. The second kappa shape index (κ2) is 8.33. The Balaban J connectivity index is 1.87. The number of aromatic nitrogens is 2. The normalized spacial score (nSPS) is 12.9. The largest absolute Gasteiger partial charge is 0.348 e. The van der Waals surface area contributed by atoms with Crippen LogP contribution in [0.3, 0.4) is 0 Å². The number of hydrogen-bond donors (Lipinski definition) is 1. The zero-order valence-corrected chi connectivity index (χ0v) is 17.6. The summed E-state index contributed by atoms with van der Waals surface area (Å²) in [5.74, 6) is -3.44. The van der Waals surface area contributed by atoms with Gasteiger partial charge in [0.2, 0.25) is 5.91 Å². The molecule has 3 rings (SSSR count). The maximum Gasteiger partial charge on any atom is 0.269 e. The van der Waals surface area contributed by atoms with Gasteiger partial charge in [-0.3, -0.25) is 18.8 Å². The number of hydrogen-bond acceptors (Lipinski definition) is 6. The molecule has 1 amide bonds. The van der Waals surface area contributed by atoms with Gasteiger partial charge in [0.25, 0.3) is 5.56 Å². The topological polar surface area (TPSA) is 104 Å². The first-order valence-electron chi connectivity index (χ1n) is 8.39. The van der Waals surface area contributed by atoms with Crippen LogP contribution in [0.15, 0.2) is 34.6 Å². The van der Waals surface area contributed by atoms with E-state index in [4.69, 9.17) is 23.2 Å². The first-order valence-corrected chi connectivity index (χ1v) is 10.0. The van der Waals surface area contributed by atoms with Gasteiger partial charge in [-0.15, -0.1) is 11.3 Å². The van der Waals surface area contributed by atoms with E-state index in [1.807, 2.05) is 0 Å². The Morgan fingerprint density at radius 2 is 2.07 bits per heavy atom.